The second kappa shape index (κ2) is 5.21. The number of halogens is 3. The molecular weight excluding hydrogens is 269 g/mol. The number of hydrogen-bond acceptors (Lipinski definition) is 1. The fourth-order valence-corrected chi connectivity index (χ4v) is 3.13. The molecule has 1 heterocycles. The van der Waals surface area contributed by atoms with E-state index in [0.717, 1.165) is 17.4 Å². The van der Waals surface area contributed by atoms with Crippen LogP contribution in [-0.4, -0.2) is 0 Å². The first-order valence-electron chi connectivity index (χ1n) is 6.05. The highest BCUT2D eigenvalue weighted by Crippen LogP contribution is 2.38. The van der Waals surface area contributed by atoms with Gasteiger partial charge in [0.25, 0.3) is 0 Å². The molecule has 0 amide bonds. The summed E-state index contributed by atoms with van der Waals surface area (Å²) in [5.41, 5.74) is 0.505. The molecule has 1 aromatic heterocycles. The van der Waals surface area contributed by atoms with Gasteiger partial charge in [-0.25, -0.2) is 13.2 Å². The maximum atomic E-state index is 13.9. The summed E-state index contributed by atoms with van der Waals surface area (Å²) >= 11 is 0.953. The fraction of sp³-hybridized carbons (Fsp3) is 0.200. The van der Waals surface area contributed by atoms with E-state index in [2.05, 4.69) is 0 Å². The van der Waals surface area contributed by atoms with Crippen molar-refractivity contribution in [1.29, 1.82) is 0 Å². The third-order valence-electron chi connectivity index (χ3n) is 2.83. The van der Waals surface area contributed by atoms with E-state index in [1.807, 2.05) is 13.8 Å². The van der Waals surface area contributed by atoms with Crippen molar-refractivity contribution in [2.45, 2.75) is 20.8 Å². The summed E-state index contributed by atoms with van der Waals surface area (Å²) in [5.74, 6) is -2.16. The van der Waals surface area contributed by atoms with E-state index < -0.39 is 11.6 Å². The van der Waals surface area contributed by atoms with Gasteiger partial charge in [-0.2, -0.15) is 0 Å². The van der Waals surface area contributed by atoms with Crippen LogP contribution in [0.25, 0.3) is 20.2 Å². The minimum absolute atomic E-state index is 0.171. The first-order chi connectivity index (χ1) is 9.09. The zero-order valence-electron chi connectivity index (χ0n) is 10.9. The summed E-state index contributed by atoms with van der Waals surface area (Å²) in [7, 11) is 0. The highest BCUT2D eigenvalue weighted by molar-refractivity contribution is 7.25. The van der Waals surface area contributed by atoms with Crippen molar-refractivity contribution >= 4 is 31.5 Å². The molecule has 3 rings (SSSR count). The van der Waals surface area contributed by atoms with Crippen molar-refractivity contribution in [2.24, 2.45) is 0 Å². The Morgan fingerprint density at radius 2 is 1.32 bits per heavy atom. The predicted molar refractivity (Wildman–Crippen MR) is 75.3 cm³/mol. The standard InChI is InChI=1S/C13H7F3S.C2H6/c1-6-2-3-7-8-4-5-9(14)11(16)13(8)17-12(7)10(6)15;1-2/h2-5H,1H3;1-2H3. The van der Waals surface area contributed by atoms with Gasteiger partial charge >= 0.3 is 0 Å². The van der Waals surface area contributed by atoms with Crippen molar-refractivity contribution in [3.63, 3.8) is 0 Å². The number of thiophene rings is 1. The number of rotatable bonds is 0. The van der Waals surface area contributed by atoms with E-state index >= 15 is 0 Å². The van der Waals surface area contributed by atoms with Crippen LogP contribution >= 0.6 is 11.3 Å². The number of hydrogen-bond donors (Lipinski definition) is 0. The van der Waals surface area contributed by atoms with Crippen LogP contribution in [0.2, 0.25) is 0 Å². The molecule has 0 atom stereocenters. The van der Waals surface area contributed by atoms with E-state index in [1.54, 1.807) is 19.1 Å². The molecule has 0 aliphatic carbocycles. The average Bonchev–Trinajstić information content (AvgIpc) is 2.81. The lowest BCUT2D eigenvalue weighted by Gasteiger charge is -1.96. The molecule has 0 spiro atoms. The summed E-state index contributed by atoms with van der Waals surface area (Å²) in [6, 6.07) is 5.94. The molecule has 3 aromatic rings. The van der Waals surface area contributed by atoms with Crippen molar-refractivity contribution in [2.75, 3.05) is 0 Å². The minimum Gasteiger partial charge on any atom is -0.205 e. The van der Waals surface area contributed by atoms with Crippen molar-refractivity contribution in [3.05, 3.63) is 47.3 Å². The Labute approximate surface area is 113 Å². The van der Waals surface area contributed by atoms with E-state index in [-0.39, 0.29) is 10.5 Å². The third kappa shape index (κ3) is 2.10. The van der Waals surface area contributed by atoms with Crippen LogP contribution in [0.15, 0.2) is 24.3 Å². The SMILES string of the molecule is CC.Cc1ccc2c(sc3c(F)c(F)ccc32)c1F. The van der Waals surface area contributed by atoms with Crippen molar-refractivity contribution < 1.29 is 13.2 Å². The summed E-state index contributed by atoms with van der Waals surface area (Å²) < 4.78 is 41.1. The second-order valence-electron chi connectivity index (χ2n) is 3.91. The van der Waals surface area contributed by atoms with Gasteiger partial charge in [-0.05, 0) is 24.6 Å². The molecule has 0 fully saturated rings. The van der Waals surface area contributed by atoms with Crippen LogP contribution in [0.3, 0.4) is 0 Å². The summed E-state index contributed by atoms with van der Waals surface area (Å²) in [5, 5.41) is 1.19. The van der Waals surface area contributed by atoms with Crippen LogP contribution in [0, 0.1) is 24.4 Å². The Morgan fingerprint density at radius 1 is 0.789 bits per heavy atom. The predicted octanol–water partition coefficient (Wildman–Crippen LogP) is 5.81. The van der Waals surface area contributed by atoms with Gasteiger partial charge in [0, 0.05) is 10.8 Å². The third-order valence-corrected chi connectivity index (χ3v) is 4.04. The minimum atomic E-state index is -0.902. The molecule has 0 nitrogen and oxygen atoms in total. The molecular formula is C15H13F3S. The van der Waals surface area contributed by atoms with Gasteiger partial charge in [-0.3, -0.25) is 0 Å². The van der Waals surface area contributed by atoms with E-state index in [9.17, 15) is 13.2 Å². The molecule has 2 aromatic carbocycles. The molecule has 0 N–H and O–H groups in total. The molecule has 0 saturated carbocycles. The van der Waals surface area contributed by atoms with Crippen LogP contribution in [-0.2, 0) is 0 Å². The molecule has 0 aliphatic heterocycles. The molecule has 0 bridgehead atoms. The number of aryl methyl sites for hydroxylation is 1. The Morgan fingerprint density at radius 3 is 1.95 bits per heavy atom. The van der Waals surface area contributed by atoms with Crippen LogP contribution in [0.5, 0.6) is 0 Å². The van der Waals surface area contributed by atoms with Crippen LogP contribution in [0.4, 0.5) is 13.2 Å². The number of fused-ring (bicyclic) bond motifs is 3. The quantitative estimate of drug-likeness (QED) is 0.488. The maximum absolute atomic E-state index is 13.9. The van der Waals surface area contributed by atoms with Gasteiger partial charge in [0.15, 0.2) is 11.6 Å². The summed E-state index contributed by atoms with van der Waals surface area (Å²) in [4.78, 5) is 0. The summed E-state index contributed by atoms with van der Waals surface area (Å²) in [6.07, 6.45) is 0. The van der Waals surface area contributed by atoms with E-state index in [4.69, 9.17) is 0 Å². The van der Waals surface area contributed by atoms with Gasteiger partial charge in [0.2, 0.25) is 0 Å². The first-order valence-corrected chi connectivity index (χ1v) is 6.86. The van der Waals surface area contributed by atoms with Gasteiger partial charge < -0.3 is 0 Å². The normalized spacial score (nSPS) is 10.6. The highest BCUT2D eigenvalue weighted by Gasteiger charge is 2.15. The average molecular weight is 282 g/mol. The monoisotopic (exact) mass is 282 g/mol. The Hall–Kier alpha value is -1.55. The second-order valence-corrected chi connectivity index (χ2v) is 4.93. The lowest BCUT2D eigenvalue weighted by atomic mass is 10.1. The van der Waals surface area contributed by atoms with E-state index in [1.165, 1.54) is 6.07 Å². The zero-order chi connectivity index (χ0) is 14.2. The fourth-order valence-electron chi connectivity index (χ4n) is 1.91. The largest absolute Gasteiger partial charge is 0.205 e. The van der Waals surface area contributed by atoms with Crippen molar-refractivity contribution in [3.8, 4) is 0 Å². The Kier molecular flexibility index (Phi) is 3.80. The molecule has 0 saturated heterocycles. The smallest absolute Gasteiger partial charge is 0.176 e. The first kappa shape index (κ1) is 13.9. The Balaban J connectivity index is 0.000000637. The zero-order valence-corrected chi connectivity index (χ0v) is 11.7. The molecule has 0 aliphatic rings. The maximum Gasteiger partial charge on any atom is 0.176 e. The lowest BCUT2D eigenvalue weighted by Crippen LogP contribution is -1.82. The summed E-state index contributed by atoms with van der Waals surface area (Å²) in [6.45, 7) is 5.65. The number of benzene rings is 2. The highest BCUT2D eigenvalue weighted by atomic mass is 32.1. The molecule has 19 heavy (non-hydrogen) atoms. The van der Waals surface area contributed by atoms with Gasteiger partial charge in [0.1, 0.15) is 5.82 Å². The molecule has 4 heteroatoms. The lowest BCUT2D eigenvalue weighted by molar-refractivity contribution is 0.518. The van der Waals surface area contributed by atoms with Gasteiger partial charge in [-0.15, -0.1) is 11.3 Å². The van der Waals surface area contributed by atoms with Crippen LogP contribution < -0.4 is 0 Å². The molecule has 0 unspecified atom stereocenters. The Bertz CT molecular complexity index is 682. The van der Waals surface area contributed by atoms with E-state index in [0.29, 0.717) is 21.0 Å². The van der Waals surface area contributed by atoms with Gasteiger partial charge in [0.05, 0.1) is 9.40 Å². The topological polar surface area (TPSA) is 0 Å². The van der Waals surface area contributed by atoms with Crippen LogP contribution in [0.1, 0.15) is 19.4 Å². The molecule has 0 radical (unpaired) electrons. The molecule has 100 valence electrons. The van der Waals surface area contributed by atoms with Gasteiger partial charge in [-0.1, -0.05) is 26.0 Å². The van der Waals surface area contributed by atoms with Crippen molar-refractivity contribution in [1.82, 2.24) is 0 Å².